The first-order valence-electron chi connectivity index (χ1n) is 18.7. The van der Waals surface area contributed by atoms with Crippen LogP contribution < -0.4 is 0 Å². The van der Waals surface area contributed by atoms with Crippen LogP contribution in [0.4, 0.5) is 0 Å². The van der Waals surface area contributed by atoms with Crippen LogP contribution >= 0.6 is 23.5 Å². The van der Waals surface area contributed by atoms with Gasteiger partial charge in [0.1, 0.15) is 38.6 Å². The summed E-state index contributed by atoms with van der Waals surface area (Å²) in [5.74, 6) is -3.05. The van der Waals surface area contributed by atoms with Gasteiger partial charge in [-0.05, 0) is 55.4 Å². The highest BCUT2D eigenvalue weighted by molar-refractivity contribution is 7.49. The Morgan fingerprint density at radius 2 is 0.793 bits per heavy atom. The lowest BCUT2D eigenvalue weighted by atomic mass is 10.3. The van der Waals surface area contributed by atoms with Crippen molar-refractivity contribution in [1.29, 1.82) is 0 Å². The molecule has 58 heavy (non-hydrogen) atoms. The Kier molecular flexibility index (Phi) is 29.4. The van der Waals surface area contributed by atoms with Crippen LogP contribution in [0.1, 0.15) is 68.2 Å². The number of hydrogen-bond donors (Lipinski definition) is 0. The summed E-state index contributed by atoms with van der Waals surface area (Å²) in [6.45, 7) is 17.1. The van der Waals surface area contributed by atoms with Crippen molar-refractivity contribution in [2.75, 3.05) is 92.3 Å². The Labute approximate surface area is 341 Å². The molecule has 0 aromatic rings. The fourth-order valence-corrected chi connectivity index (χ4v) is 7.85. The molecule has 0 aliphatic rings. The van der Waals surface area contributed by atoms with Crippen molar-refractivity contribution in [3.05, 3.63) is 24.3 Å². The summed E-state index contributed by atoms with van der Waals surface area (Å²) in [6.07, 6.45) is -3.03. The molecule has 0 heterocycles. The summed E-state index contributed by atoms with van der Waals surface area (Å²) in [5, 5.41) is 0. The average molecular weight is 898 g/mol. The molecule has 0 saturated carbocycles. The normalized spacial score (nSPS) is 13.1. The maximum atomic E-state index is 13.0. The molecule has 21 nitrogen and oxygen atoms in total. The summed E-state index contributed by atoms with van der Waals surface area (Å²) in [6, 6.07) is 0. The van der Waals surface area contributed by atoms with Gasteiger partial charge >= 0.3 is 47.3 Å². The van der Waals surface area contributed by atoms with E-state index in [1.54, 1.807) is 46.4 Å². The zero-order valence-corrected chi connectivity index (χ0v) is 37.5. The standard InChI is InChI=1S/C34H62NO20P3/c1-11-47-56(40,48-12-2)53-22-21-35(19-17-31(36)43-23-29(25-45-33(38)27(7)8)54-57(41,49-13-3)50-14-4)20-18-32(37)44-24-30(26-46-34(39)28(9)10)55-58(42,51-15-5)52-16-6/h29-30H,7,9,11-26H2,1-6,8,10H3. The van der Waals surface area contributed by atoms with E-state index < -0.39 is 86.0 Å². The molecule has 0 aliphatic heterocycles. The lowest BCUT2D eigenvalue weighted by Gasteiger charge is -2.25. The van der Waals surface area contributed by atoms with E-state index in [4.69, 9.17) is 59.7 Å². The SMILES string of the molecule is C=C(C)C(=O)OCC(COC(=O)CCN(CCOP(=O)(OCC)OCC)CCC(=O)OCC(COC(=O)C(=C)C)OP(=O)(OCC)OCC)OP(=O)(OCC)OCC. The molecule has 0 amide bonds. The second-order valence-electron chi connectivity index (χ2n) is 11.6. The van der Waals surface area contributed by atoms with Gasteiger partial charge in [-0.25, -0.2) is 23.3 Å². The Bertz CT molecular complexity index is 1310. The van der Waals surface area contributed by atoms with Gasteiger partial charge in [-0.1, -0.05) is 13.2 Å². The maximum absolute atomic E-state index is 13.0. The molecule has 24 heteroatoms. The first-order valence-corrected chi connectivity index (χ1v) is 23.1. The van der Waals surface area contributed by atoms with Gasteiger partial charge in [0, 0.05) is 30.8 Å². The molecule has 0 aliphatic carbocycles. The molecule has 0 saturated heterocycles. The summed E-state index contributed by atoms with van der Waals surface area (Å²) in [4.78, 5) is 51.5. The van der Waals surface area contributed by atoms with Gasteiger partial charge in [-0.3, -0.25) is 55.2 Å². The highest BCUT2D eigenvalue weighted by Gasteiger charge is 2.33. The average Bonchev–Trinajstić information content (AvgIpc) is 3.14. The number of ether oxygens (including phenoxy) is 4. The molecule has 0 aromatic carbocycles. The minimum atomic E-state index is -4.12. The summed E-state index contributed by atoms with van der Waals surface area (Å²) in [5.41, 5.74) is 0.179. The van der Waals surface area contributed by atoms with E-state index in [1.165, 1.54) is 13.8 Å². The second-order valence-corrected chi connectivity index (χ2v) is 16.5. The molecular formula is C34H62NO20P3. The number of carbonyl (C=O) groups is 4. The number of esters is 4. The van der Waals surface area contributed by atoms with Crippen molar-refractivity contribution < 1.29 is 92.5 Å². The van der Waals surface area contributed by atoms with Crippen molar-refractivity contribution in [1.82, 2.24) is 4.90 Å². The predicted molar refractivity (Wildman–Crippen MR) is 207 cm³/mol. The molecule has 2 unspecified atom stereocenters. The van der Waals surface area contributed by atoms with E-state index in [0.29, 0.717) is 0 Å². The first-order chi connectivity index (χ1) is 27.3. The third-order valence-electron chi connectivity index (χ3n) is 6.56. The Morgan fingerprint density at radius 3 is 1.10 bits per heavy atom. The van der Waals surface area contributed by atoms with Crippen LogP contribution in [0.3, 0.4) is 0 Å². The molecule has 338 valence electrons. The number of phosphoric acid groups is 3. The molecule has 0 fully saturated rings. The van der Waals surface area contributed by atoms with Crippen LogP contribution in [0.5, 0.6) is 0 Å². The molecule has 0 radical (unpaired) electrons. The minimum Gasteiger partial charge on any atom is -0.463 e. The van der Waals surface area contributed by atoms with Gasteiger partial charge in [0.15, 0.2) is 0 Å². The molecule has 0 spiro atoms. The fraction of sp³-hybridized carbons (Fsp3) is 0.765. The zero-order chi connectivity index (χ0) is 44.2. The van der Waals surface area contributed by atoms with E-state index in [-0.39, 0.29) is 89.9 Å². The number of hydrogen-bond acceptors (Lipinski definition) is 21. The van der Waals surface area contributed by atoms with Crippen LogP contribution in [-0.4, -0.2) is 133 Å². The van der Waals surface area contributed by atoms with E-state index in [2.05, 4.69) is 13.2 Å². The monoisotopic (exact) mass is 897 g/mol. The number of phosphoric ester groups is 3. The van der Waals surface area contributed by atoms with Gasteiger partial charge in [0.2, 0.25) is 0 Å². The number of carbonyl (C=O) groups excluding carboxylic acids is 4. The van der Waals surface area contributed by atoms with Gasteiger partial charge in [0.05, 0.1) is 59.1 Å². The van der Waals surface area contributed by atoms with Gasteiger partial charge in [-0.2, -0.15) is 0 Å². The summed E-state index contributed by atoms with van der Waals surface area (Å²) >= 11 is 0. The zero-order valence-electron chi connectivity index (χ0n) is 34.8. The van der Waals surface area contributed by atoms with E-state index >= 15 is 0 Å². The van der Waals surface area contributed by atoms with E-state index in [9.17, 15) is 32.9 Å². The molecule has 0 rings (SSSR count). The van der Waals surface area contributed by atoms with Crippen LogP contribution in [-0.2, 0) is 92.5 Å². The molecule has 2 atom stereocenters. The topological polar surface area (TPSA) is 243 Å². The van der Waals surface area contributed by atoms with Gasteiger partial charge in [0.25, 0.3) is 0 Å². The van der Waals surface area contributed by atoms with Crippen molar-refractivity contribution in [3.63, 3.8) is 0 Å². The number of rotatable bonds is 36. The van der Waals surface area contributed by atoms with Crippen LogP contribution in [0.15, 0.2) is 24.3 Å². The highest BCUT2D eigenvalue weighted by atomic mass is 31.2. The first kappa shape index (κ1) is 55.7. The number of nitrogens with zero attached hydrogens (tertiary/aromatic N) is 1. The molecule has 0 bridgehead atoms. The van der Waals surface area contributed by atoms with Crippen molar-refractivity contribution >= 4 is 47.3 Å². The molecule has 0 aromatic heterocycles. The van der Waals surface area contributed by atoms with E-state index in [1.807, 2.05) is 0 Å². The second kappa shape index (κ2) is 30.6. The van der Waals surface area contributed by atoms with Crippen molar-refractivity contribution in [2.45, 2.75) is 80.4 Å². The smallest absolute Gasteiger partial charge is 0.463 e. The lowest BCUT2D eigenvalue weighted by Crippen LogP contribution is -2.34. The van der Waals surface area contributed by atoms with Gasteiger partial charge < -0.3 is 18.9 Å². The van der Waals surface area contributed by atoms with Crippen LogP contribution in [0, 0.1) is 0 Å². The largest absolute Gasteiger partial charge is 0.475 e. The Hall–Kier alpha value is -2.35. The lowest BCUT2D eigenvalue weighted by molar-refractivity contribution is -0.151. The third kappa shape index (κ3) is 25.3. The summed E-state index contributed by atoms with van der Waals surface area (Å²) in [7, 11) is -12.1. The predicted octanol–water partition coefficient (Wildman–Crippen LogP) is 5.72. The fourth-order valence-electron chi connectivity index (χ4n) is 4.06. The third-order valence-corrected chi connectivity index (χ3v) is 11.6. The molecular weight excluding hydrogens is 835 g/mol. The van der Waals surface area contributed by atoms with E-state index in [0.717, 1.165) is 0 Å². The minimum absolute atomic E-state index is 0.0215. The van der Waals surface area contributed by atoms with Gasteiger partial charge in [-0.15, -0.1) is 0 Å². The van der Waals surface area contributed by atoms with Crippen LogP contribution in [0.25, 0.3) is 0 Å². The Morgan fingerprint density at radius 1 is 0.483 bits per heavy atom. The highest BCUT2D eigenvalue weighted by Crippen LogP contribution is 2.51. The summed E-state index contributed by atoms with van der Waals surface area (Å²) < 4.78 is 107. The molecule has 0 N–H and O–H groups in total. The Balaban J connectivity index is 5.84. The quantitative estimate of drug-likeness (QED) is 0.0316. The van der Waals surface area contributed by atoms with Crippen molar-refractivity contribution in [3.8, 4) is 0 Å². The van der Waals surface area contributed by atoms with Crippen LogP contribution in [0.2, 0.25) is 0 Å². The van der Waals surface area contributed by atoms with Crippen molar-refractivity contribution in [2.24, 2.45) is 0 Å². The maximum Gasteiger partial charge on any atom is 0.475 e.